The summed E-state index contributed by atoms with van der Waals surface area (Å²) >= 11 is 0. The summed E-state index contributed by atoms with van der Waals surface area (Å²) in [6, 6.07) is 27.2. The Labute approximate surface area is 192 Å². The first-order chi connectivity index (χ1) is 15.9. The topological polar surface area (TPSA) is 91.9 Å². The maximum atomic E-state index is 11.7. The number of aromatic nitrogens is 2. The summed E-state index contributed by atoms with van der Waals surface area (Å²) in [6.45, 7) is 3.14. The lowest BCUT2D eigenvalue weighted by Gasteiger charge is -2.04. The van der Waals surface area contributed by atoms with Crippen LogP contribution in [-0.2, 0) is 16.0 Å². The largest absolute Gasteiger partial charge is 0.293 e. The fourth-order valence-corrected chi connectivity index (χ4v) is 3.29. The normalized spacial score (nSPS) is 10.8. The molecule has 0 aliphatic carbocycles. The number of fused-ring (bicyclic) bond motifs is 1. The Hall–Kier alpha value is -4.32. The third-order valence-corrected chi connectivity index (χ3v) is 4.87. The highest BCUT2D eigenvalue weighted by molar-refractivity contribution is 6.03. The first-order valence-electron chi connectivity index (χ1n) is 10.5. The van der Waals surface area contributed by atoms with E-state index in [-0.39, 0.29) is 17.4 Å². The number of hydrogen-bond acceptors (Lipinski definition) is 4. The molecule has 0 radical (unpaired) electrons. The summed E-state index contributed by atoms with van der Waals surface area (Å²) in [5, 5.41) is 10.5. The third kappa shape index (κ3) is 6.83. The van der Waals surface area contributed by atoms with Gasteiger partial charge in [0.05, 0.1) is 11.1 Å². The summed E-state index contributed by atoms with van der Waals surface area (Å²) in [7, 11) is 0. The van der Waals surface area contributed by atoms with E-state index < -0.39 is 0 Å². The van der Waals surface area contributed by atoms with Crippen LogP contribution in [0, 0.1) is 0 Å². The molecule has 0 unspecified atom stereocenters. The highest BCUT2D eigenvalue weighted by atomic mass is 16.2. The van der Waals surface area contributed by atoms with Gasteiger partial charge >= 0.3 is 0 Å². The highest BCUT2D eigenvalue weighted by Gasteiger charge is 2.06. The number of carbonyl (C=O) groups excluding carboxylic acids is 2. The van der Waals surface area contributed by atoms with Crippen LogP contribution in [0.4, 0.5) is 0 Å². The molecule has 6 heteroatoms. The lowest BCUT2D eigenvalue weighted by atomic mass is 10.0. The minimum atomic E-state index is -0.385. The fourth-order valence-electron chi connectivity index (χ4n) is 3.29. The molecular formula is C27H25N3O3. The molecule has 166 valence electrons. The number of benzene rings is 3. The van der Waals surface area contributed by atoms with E-state index in [1.807, 2.05) is 79.7 Å². The first kappa shape index (κ1) is 23.3. The second kappa shape index (κ2) is 11.3. The molecule has 0 aliphatic rings. The standard InChI is InChI=1S/C15H12N2O.C12H13NO2/c18-15-13-9-5-4-8-12(13)14(16-17-15)10-11-6-2-1-3-7-11;1-9(8-12(15)13-10(2)14)11-6-4-3-5-7-11/h1-9H,10H2,(H,17,18);3-8H,1-2H3,(H,13,14,15)/b;9-8+. The van der Waals surface area contributed by atoms with E-state index in [1.54, 1.807) is 0 Å². The molecule has 0 saturated carbocycles. The Kier molecular flexibility index (Phi) is 8.02. The Morgan fingerprint density at radius 1 is 0.848 bits per heavy atom. The molecule has 6 nitrogen and oxygen atoms in total. The molecule has 1 aromatic heterocycles. The first-order valence-corrected chi connectivity index (χ1v) is 10.5. The van der Waals surface area contributed by atoms with Gasteiger partial charge in [0.2, 0.25) is 5.91 Å². The number of nitrogens with one attached hydrogen (secondary N) is 2. The van der Waals surface area contributed by atoms with Crippen molar-refractivity contribution in [3.63, 3.8) is 0 Å². The number of aromatic amines is 1. The summed E-state index contributed by atoms with van der Waals surface area (Å²) in [6.07, 6.45) is 2.13. The predicted molar refractivity (Wildman–Crippen MR) is 131 cm³/mol. The van der Waals surface area contributed by atoms with E-state index in [1.165, 1.54) is 18.6 Å². The van der Waals surface area contributed by atoms with Crippen molar-refractivity contribution in [1.82, 2.24) is 15.5 Å². The van der Waals surface area contributed by atoms with Gasteiger partial charge < -0.3 is 0 Å². The molecule has 0 fully saturated rings. The van der Waals surface area contributed by atoms with Gasteiger partial charge in [-0.1, -0.05) is 78.9 Å². The van der Waals surface area contributed by atoms with Crippen LogP contribution in [0.5, 0.6) is 0 Å². The van der Waals surface area contributed by atoms with Crippen LogP contribution in [-0.4, -0.2) is 22.0 Å². The summed E-state index contributed by atoms with van der Waals surface area (Å²) < 4.78 is 0. The zero-order valence-electron chi connectivity index (χ0n) is 18.5. The molecule has 0 aliphatic heterocycles. The molecule has 4 rings (SSSR count). The Morgan fingerprint density at radius 3 is 2.06 bits per heavy atom. The number of allylic oxidation sites excluding steroid dienone is 1. The average Bonchev–Trinajstić information content (AvgIpc) is 2.82. The van der Waals surface area contributed by atoms with Crippen molar-refractivity contribution >= 4 is 28.2 Å². The van der Waals surface area contributed by atoms with E-state index >= 15 is 0 Å². The molecular weight excluding hydrogens is 414 g/mol. The lowest BCUT2D eigenvalue weighted by molar-refractivity contribution is -0.126. The maximum Gasteiger partial charge on any atom is 0.272 e. The number of imide groups is 1. The lowest BCUT2D eigenvalue weighted by Crippen LogP contribution is -2.26. The third-order valence-electron chi connectivity index (χ3n) is 4.87. The van der Waals surface area contributed by atoms with Crippen LogP contribution in [0.1, 0.15) is 30.7 Å². The molecule has 0 spiro atoms. The van der Waals surface area contributed by atoms with Gasteiger partial charge in [-0.2, -0.15) is 5.10 Å². The Bertz CT molecular complexity index is 1330. The van der Waals surface area contributed by atoms with Crippen LogP contribution in [0.25, 0.3) is 16.3 Å². The maximum absolute atomic E-state index is 11.7. The van der Waals surface area contributed by atoms with Crippen molar-refractivity contribution in [3.05, 3.63) is 118 Å². The van der Waals surface area contributed by atoms with Gasteiger partial charge in [0.1, 0.15) is 0 Å². The number of carbonyl (C=O) groups is 2. The summed E-state index contributed by atoms with van der Waals surface area (Å²) in [4.78, 5) is 33.5. The Morgan fingerprint density at radius 2 is 1.42 bits per heavy atom. The molecule has 1 heterocycles. The molecule has 2 amide bonds. The number of amides is 2. The second-order valence-electron chi connectivity index (χ2n) is 7.45. The van der Waals surface area contributed by atoms with Crippen molar-refractivity contribution in [1.29, 1.82) is 0 Å². The van der Waals surface area contributed by atoms with Crippen molar-refractivity contribution in [3.8, 4) is 0 Å². The van der Waals surface area contributed by atoms with Crippen LogP contribution in [0.2, 0.25) is 0 Å². The van der Waals surface area contributed by atoms with E-state index in [0.29, 0.717) is 5.39 Å². The van der Waals surface area contributed by atoms with Gasteiger partial charge in [0.15, 0.2) is 0 Å². The van der Waals surface area contributed by atoms with Crippen LogP contribution >= 0.6 is 0 Å². The number of H-pyrrole nitrogens is 1. The van der Waals surface area contributed by atoms with Crippen LogP contribution < -0.4 is 10.9 Å². The highest BCUT2D eigenvalue weighted by Crippen LogP contribution is 2.16. The quantitative estimate of drug-likeness (QED) is 0.465. The van der Waals surface area contributed by atoms with Gasteiger partial charge in [0, 0.05) is 24.8 Å². The smallest absolute Gasteiger partial charge is 0.272 e. The SMILES string of the molecule is CC(=O)NC(=O)/C=C(\C)c1ccccc1.O=c1[nH]nc(Cc2ccccc2)c2ccccc12. The molecule has 4 aromatic rings. The minimum absolute atomic E-state index is 0.137. The van der Waals surface area contributed by atoms with Crippen molar-refractivity contribution < 1.29 is 9.59 Å². The molecule has 33 heavy (non-hydrogen) atoms. The fraction of sp³-hybridized carbons (Fsp3) is 0.111. The average molecular weight is 440 g/mol. The second-order valence-corrected chi connectivity index (χ2v) is 7.45. The van der Waals surface area contributed by atoms with E-state index in [0.717, 1.165) is 28.6 Å². The summed E-state index contributed by atoms with van der Waals surface area (Å²) in [5.74, 6) is -0.735. The number of hydrogen-bond donors (Lipinski definition) is 2. The van der Waals surface area contributed by atoms with E-state index in [4.69, 9.17) is 0 Å². The van der Waals surface area contributed by atoms with Gasteiger partial charge in [-0.05, 0) is 29.7 Å². The number of nitrogens with zero attached hydrogens (tertiary/aromatic N) is 1. The molecule has 0 saturated heterocycles. The predicted octanol–water partition coefficient (Wildman–Crippen LogP) is 4.27. The van der Waals surface area contributed by atoms with Gasteiger partial charge in [-0.25, -0.2) is 5.10 Å². The van der Waals surface area contributed by atoms with Gasteiger partial charge in [-0.3, -0.25) is 19.7 Å². The van der Waals surface area contributed by atoms with Gasteiger partial charge in [-0.15, -0.1) is 0 Å². The molecule has 0 atom stereocenters. The van der Waals surface area contributed by atoms with Crippen LogP contribution in [0.15, 0.2) is 95.8 Å². The molecule has 0 bridgehead atoms. The molecule has 3 aromatic carbocycles. The van der Waals surface area contributed by atoms with E-state index in [2.05, 4.69) is 27.6 Å². The van der Waals surface area contributed by atoms with Gasteiger partial charge in [0.25, 0.3) is 11.5 Å². The monoisotopic (exact) mass is 439 g/mol. The van der Waals surface area contributed by atoms with Crippen LogP contribution in [0.3, 0.4) is 0 Å². The van der Waals surface area contributed by atoms with Crippen molar-refractivity contribution in [2.24, 2.45) is 0 Å². The van der Waals surface area contributed by atoms with Crippen molar-refractivity contribution in [2.45, 2.75) is 20.3 Å². The zero-order valence-corrected chi connectivity index (χ0v) is 18.5. The zero-order chi connectivity index (χ0) is 23.6. The minimum Gasteiger partial charge on any atom is -0.293 e. The van der Waals surface area contributed by atoms with E-state index in [9.17, 15) is 14.4 Å². The summed E-state index contributed by atoms with van der Waals surface area (Å²) in [5.41, 5.74) is 3.74. The number of rotatable bonds is 4. The Balaban J connectivity index is 0.000000190. The van der Waals surface area contributed by atoms with Crippen molar-refractivity contribution in [2.75, 3.05) is 0 Å². The molecule has 2 N–H and O–H groups in total.